The van der Waals surface area contributed by atoms with Crippen molar-refractivity contribution in [3.05, 3.63) is 34.1 Å². The van der Waals surface area contributed by atoms with Crippen LogP contribution in [0, 0.1) is 15.9 Å². The Balaban J connectivity index is 2.19. The molecule has 1 saturated heterocycles. The van der Waals surface area contributed by atoms with Crippen LogP contribution < -0.4 is 10.6 Å². The van der Waals surface area contributed by atoms with Crippen LogP contribution >= 0.6 is 0 Å². The van der Waals surface area contributed by atoms with Gasteiger partial charge < -0.3 is 15.7 Å². The molecule has 1 amide bonds. The van der Waals surface area contributed by atoms with Gasteiger partial charge in [-0.3, -0.25) is 14.9 Å². The van der Waals surface area contributed by atoms with Crippen molar-refractivity contribution >= 4 is 17.3 Å². The first-order valence-electron chi connectivity index (χ1n) is 5.64. The summed E-state index contributed by atoms with van der Waals surface area (Å²) in [7, 11) is 0. The highest BCUT2D eigenvalue weighted by Crippen LogP contribution is 2.27. The maximum atomic E-state index is 13.5. The van der Waals surface area contributed by atoms with Gasteiger partial charge in [-0.2, -0.15) is 0 Å². The Morgan fingerprint density at radius 1 is 1.58 bits per heavy atom. The van der Waals surface area contributed by atoms with Gasteiger partial charge in [0, 0.05) is 12.6 Å². The van der Waals surface area contributed by atoms with E-state index in [-0.39, 0.29) is 13.0 Å². The van der Waals surface area contributed by atoms with Crippen molar-refractivity contribution in [2.24, 2.45) is 0 Å². The molecule has 0 bridgehead atoms. The molecule has 0 aliphatic carbocycles. The Hall–Kier alpha value is -2.06. The third kappa shape index (κ3) is 2.85. The molecule has 3 N–H and O–H groups in total. The number of nitrogens with one attached hydrogen (secondary N) is 2. The second-order valence-electron chi connectivity index (χ2n) is 4.23. The zero-order valence-corrected chi connectivity index (χ0v) is 9.80. The molecular formula is C11H12FN3O4. The molecular weight excluding hydrogens is 257 g/mol. The molecule has 1 fully saturated rings. The molecule has 2 atom stereocenters. The van der Waals surface area contributed by atoms with Gasteiger partial charge in [0.25, 0.3) is 5.69 Å². The van der Waals surface area contributed by atoms with E-state index in [0.717, 1.165) is 12.1 Å². The first kappa shape index (κ1) is 13.4. The average molecular weight is 269 g/mol. The molecule has 0 radical (unpaired) electrons. The third-order valence-corrected chi connectivity index (χ3v) is 2.86. The van der Waals surface area contributed by atoms with Crippen molar-refractivity contribution in [3.8, 4) is 0 Å². The maximum absolute atomic E-state index is 13.5. The van der Waals surface area contributed by atoms with Crippen molar-refractivity contribution in [2.45, 2.75) is 18.6 Å². The monoisotopic (exact) mass is 269 g/mol. The Morgan fingerprint density at radius 3 is 2.89 bits per heavy atom. The molecule has 0 aromatic heterocycles. The van der Waals surface area contributed by atoms with Gasteiger partial charge in [0.15, 0.2) is 11.5 Å². The number of para-hydroxylation sites is 1. The van der Waals surface area contributed by atoms with Gasteiger partial charge in [-0.15, -0.1) is 0 Å². The summed E-state index contributed by atoms with van der Waals surface area (Å²) in [6.07, 6.45) is -0.458. The van der Waals surface area contributed by atoms with Crippen LogP contribution in [0.25, 0.3) is 0 Å². The number of rotatable bonds is 3. The lowest BCUT2D eigenvalue weighted by Crippen LogP contribution is -2.35. The number of nitro groups is 1. The SMILES string of the molecule is O=C(Nc1c(F)cccc1[N+](=O)[O-])C1CC(O)CN1. The quantitative estimate of drug-likeness (QED) is 0.544. The minimum absolute atomic E-state index is 0.189. The number of amides is 1. The number of carbonyl (C=O) groups is 1. The van der Waals surface area contributed by atoms with Crippen LogP contribution in [0.4, 0.5) is 15.8 Å². The molecule has 2 rings (SSSR count). The number of hydrogen-bond acceptors (Lipinski definition) is 5. The van der Waals surface area contributed by atoms with E-state index in [9.17, 15) is 24.4 Å². The maximum Gasteiger partial charge on any atom is 0.295 e. The zero-order valence-electron chi connectivity index (χ0n) is 9.80. The predicted molar refractivity (Wildman–Crippen MR) is 64.1 cm³/mol. The zero-order chi connectivity index (χ0) is 14.0. The molecule has 0 spiro atoms. The van der Waals surface area contributed by atoms with Gasteiger partial charge in [-0.05, 0) is 12.5 Å². The van der Waals surface area contributed by atoms with E-state index in [4.69, 9.17) is 0 Å². The highest BCUT2D eigenvalue weighted by molar-refractivity contribution is 5.97. The summed E-state index contributed by atoms with van der Waals surface area (Å²) >= 11 is 0. The number of hydrogen-bond donors (Lipinski definition) is 3. The number of carbonyl (C=O) groups excluding carboxylic acids is 1. The minimum Gasteiger partial charge on any atom is -0.392 e. The first-order valence-corrected chi connectivity index (χ1v) is 5.64. The molecule has 1 aromatic carbocycles. The van der Waals surface area contributed by atoms with Gasteiger partial charge in [0.2, 0.25) is 5.91 Å². The number of nitrogens with zero attached hydrogens (tertiary/aromatic N) is 1. The molecule has 1 aromatic rings. The van der Waals surface area contributed by atoms with Crippen LogP contribution in [0.3, 0.4) is 0 Å². The lowest BCUT2D eigenvalue weighted by atomic mass is 10.2. The van der Waals surface area contributed by atoms with Gasteiger partial charge in [0.1, 0.15) is 0 Å². The van der Waals surface area contributed by atoms with Crippen LogP contribution in [0.15, 0.2) is 18.2 Å². The van der Waals surface area contributed by atoms with Gasteiger partial charge in [0.05, 0.1) is 17.1 Å². The fraction of sp³-hybridized carbons (Fsp3) is 0.364. The summed E-state index contributed by atoms with van der Waals surface area (Å²) in [6, 6.07) is 2.64. The number of anilines is 1. The van der Waals surface area contributed by atoms with E-state index >= 15 is 0 Å². The van der Waals surface area contributed by atoms with Crippen molar-refractivity contribution in [3.63, 3.8) is 0 Å². The molecule has 1 aliphatic rings. The average Bonchev–Trinajstić information content (AvgIpc) is 2.78. The van der Waals surface area contributed by atoms with E-state index in [2.05, 4.69) is 10.6 Å². The second kappa shape index (κ2) is 5.29. The lowest BCUT2D eigenvalue weighted by molar-refractivity contribution is -0.384. The van der Waals surface area contributed by atoms with Crippen LogP contribution in [0.2, 0.25) is 0 Å². The Labute approximate surface area is 107 Å². The first-order chi connectivity index (χ1) is 8.99. The topological polar surface area (TPSA) is 104 Å². The molecule has 102 valence electrons. The van der Waals surface area contributed by atoms with Crippen molar-refractivity contribution in [2.75, 3.05) is 11.9 Å². The molecule has 0 saturated carbocycles. The van der Waals surface area contributed by atoms with E-state index in [1.807, 2.05) is 0 Å². The molecule has 1 heterocycles. The van der Waals surface area contributed by atoms with Crippen molar-refractivity contribution in [1.29, 1.82) is 0 Å². The number of benzene rings is 1. The number of nitro benzene ring substituents is 1. The summed E-state index contributed by atoms with van der Waals surface area (Å²) in [5, 5.41) is 25.0. The summed E-state index contributed by atoms with van der Waals surface area (Å²) < 4.78 is 13.5. The Kier molecular flexibility index (Phi) is 3.72. The van der Waals surface area contributed by atoms with Crippen molar-refractivity contribution in [1.82, 2.24) is 5.32 Å². The standard InChI is InChI=1S/C11H12FN3O4/c12-7-2-1-3-9(15(18)19)10(7)14-11(17)8-4-6(16)5-13-8/h1-3,6,8,13,16H,4-5H2,(H,14,17). The molecule has 19 heavy (non-hydrogen) atoms. The van der Waals surface area contributed by atoms with E-state index in [1.54, 1.807) is 0 Å². The van der Waals surface area contributed by atoms with Crippen LogP contribution in [-0.4, -0.2) is 34.6 Å². The number of β-amino-alcohol motifs (C(OH)–C–C–N with tert-alkyl or cyclic N) is 1. The lowest BCUT2D eigenvalue weighted by Gasteiger charge is -2.11. The molecule has 1 aliphatic heterocycles. The third-order valence-electron chi connectivity index (χ3n) is 2.86. The normalized spacial score (nSPS) is 22.2. The summed E-state index contributed by atoms with van der Waals surface area (Å²) in [5.74, 6) is -1.48. The summed E-state index contributed by atoms with van der Waals surface area (Å²) in [6.45, 7) is 0.261. The predicted octanol–water partition coefficient (Wildman–Crippen LogP) is 0.395. The van der Waals surface area contributed by atoms with E-state index in [0.29, 0.717) is 0 Å². The molecule has 8 heteroatoms. The molecule has 2 unspecified atom stereocenters. The Morgan fingerprint density at radius 2 is 2.32 bits per heavy atom. The number of aliphatic hydroxyl groups is 1. The Bertz CT molecular complexity index is 523. The van der Waals surface area contributed by atoms with Gasteiger partial charge in [-0.1, -0.05) is 6.07 Å². The second-order valence-corrected chi connectivity index (χ2v) is 4.23. The van der Waals surface area contributed by atoms with Crippen LogP contribution in [0.1, 0.15) is 6.42 Å². The largest absolute Gasteiger partial charge is 0.392 e. The summed E-state index contributed by atoms with van der Waals surface area (Å²) in [4.78, 5) is 21.8. The number of aliphatic hydroxyl groups excluding tert-OH is 1. The van der Waals surface area contributed by atoms with Crippen LogP contribution in [-0.2, 0) is 4.79 Å². The van der Waals surface area contributed by atoms with E-state index in [1.165, 1.54) is 6.07 Å². The fourth-order valence-electron chi connectivity index (χ4n) is 1.92. The molecule has 7 nitrogen and oxygen atoms in total. The fourth-order valence-corrected chi connectivity index (χ4v) is 1.92. The van der Waals surface area contributed by atoms with Gasteiger partial charge in [-0.25, -0.2) is 4.39 Å². The van der Waals surface area contributed by atoms with Crippen LogP contribution in [0.5, 0.6) is 0 Å². The minimum atomic E-state index is -0.874. The highest BCUT2D eigenvalue weighted by atomic mass is 19.1. The smallest absolute Gasteiger partial charge is 0.295 e. The van der Waals surface area contributed by atoms with Crippen molar-refractivity contribution < 1.29 is 19.2 Å². The van der Waals surface area contributed by atoms with E-state index < -0.39 is 40.2 Å². The highest BCUT2D eigenvalue weighted by Gasteiger charge is 2.30. The summed E-state index contributed by atoms with van der Waals surface area (Å²) in [5.41, 5.74) is -0.965. The van der Waals surface area contributed by atoms with Gasteiger partial charge >= 0.3 is 0 Å². The number of halogens is 1.